The third-order valence-electron chi connectivity index (χ3n) is 6.56. The van der Waals surface area contributed by atoms with E-state index < -0.39 is 14.0 Å². The van der Waals surface area contributed by atoms with Crippen LogP contribution in [0.3, 0.4) is 0 Å². The minimum absolute atomic E-state index is 0.0271. The monoisotopic (exact) mass is 361 g/mol. The summed E-state index contributed by atoms with van der Waals surface area (Å²) in [6.45, 7) is 7.07. The summed E-state index contributed by atoms with van der Waals surface area (Å²) in [6, 6.07) is 9.97. The fraction of sp³-hybridized carbons (Fsp3) is 0.650. The van der Waals surface area contributed by atoms with Gasteiger partial charge in [-0.1, -0.05) is 50.0 Å². The van der Waals surface area contributed by atoms with Crippen molar-refractivity contribution in [1.82, 2.24) is 4.90 Å². The summed E-state index contributed by atoms with van der Waals surface area (Å²) >= 11 is 0. The summed E-state index contributed by atoms with van der Waals surface area (Å²) in [7, 11) is 0.823. The van der Waals surface area contributed by atoms with Crippen molar-refractivity contribution < 1.29 is 14.6 Å². The Morgan fingerprint density at radius 3 is 2.64 bits per heavy atom. The molecule has 1 aromatic carbocycles. The number of fused-ring (bicyclic) bond motifs is 2. The number of esters is 1. The van der Waals surface area contributed by atoms with E-state index in [1.165, 1.54) is 12.8 Å². The highest BCUT2D eigenvalue weighted by Gasteiger charge is 2.57. The summed E-state index contributed by atoms with van der Waals surface area (Å²) in [4.78, 5) is 15.3. The molecule has 2 aliphatic rings. The predicted molar refractivity (Wildman–Crippen MR) is 102 cm³/mol. The first-order chi connectivity index (χ1) is 11.8. The van der Waals surface area contributed by atoms with Gasteiger partial charge in [-0.05, 0) is 31.9 Å². The number of nitrogens with zero attached hydrogens (tertiary/aromatic N) is 1. The van der Waals surface area contributed by atoms with Crippen LogP contribution < -0.4 is 0 Å². The van der Waals surface area contributed by atoms with Crippen molar-refractivity contribution >= 4 is 14.0 Å². The summed E-state index contributed by atoms with van der Waals surface area (Å²) in [5, 5.41) is 9.94. The Hall–Kier alpha value is -1.17. The van der Waals surface area contributed by atoms with Gasteiger partial charge in [-0.15, -0.1) is 0 Å². The first kappa shape index (κ1) is 18.6. The highest BCUT2D eigenvalue weighted by atomic mass is 28.3. The van der Waals surface area contributed by atoms with E-state index in [-0.39, 0.29) is 23.8 Å². The van der Waals surface area contributed by atoms with Crippen LogP contribution in [0.15, 0.2) is 30.3 Å². The van der Waals surface area contributed by atoms with Crippen molar-refractivity contribution in [2.45, 2.75) is 68.6 Å². The van der Waals surface area contributed by atoms with Crippen LogP contribution in [-0.4, -0.2) is 55.0 Å². The molecule has 2 saturated heterocycles. The van der Waals surface area contributed by atoms with E-state index in [2.05, 4.69) is 31.6 Å². The van der Waals surface area contributed by atoms with E-state index in [9.17, 15) is 9.90 Å². The van der Waals surface area contributed by atoms with Crippen molar-refractivity contribution in [3.63, 3.8) is 0 Å². The number of carbonyl (C=O) groups excluding carboxylic acids is 1. The largest absolute Gasteiger partial charge is 0.462 e. The smallest absolute Gasteiger partial charge is 0.316 e. The van der Waals surface area contributed by atoms with Gasteiger partial charge >= 0.3 is 5.97 Å². The van der Waals surface area contributed by atoms with E-state index in [0.29, 0.717) is 6.04 Å². The molecule has 2 bridgehead atoms. The van der Waals surface area contributed by atoms with Crippen molar-refractivity contribution in [2.24, 2.45) is 0 Å². The maximum Gasteiger partial charge on any atom is 0.316 e. The fourth-order valence-electron chi connectivity index (χ4n) is 4.96. The van der Waals surface area contributed by atoms with Crippen LogP contribution in [0.4, 0.5) is 0 Å². The van der Waals surface area contributed by atoms with E-state index in [0.717, 1.165) is 18.4 Å². The molecule has 0 radical (unpaired) electrons. The predicted octanol–water partition coefficient (Wildman–Crippen LogP) is 3.18. The molecule has 0 amide bonds. The SMILES string of the molecule is CN1C2CCC1([Si](C)(C)C)CC(OC(=O)[C@H](CO)c1ccccc1)C2. The molecule has 3 unspecified atom stereocenters. The lowest BCUT2D eigenvalue weighted by Crippen LogP contribution is -2.64. The molecule has 3 rings (SSSR count). The summed E-state index contributed by atoms with van der Waals surface area (Å²) in [5.74, 6) is -0.866. The average Bonchev–Trinajstić information content (AvgIpc) is 2.76. The molecule has 4 nitrogen and oxygen atoms in total. The normalized spacial score (nSPS) is 30.9. The third-order valence-corrected chi connectivity index (χ3v) is 10.2. The number of aliphatic hydroxyl groups is 1. The quantitative estimate of drug-likeness (QED) is 0.646. The van der Waals surface area contributed by atoms with Gasteiger partial charge in [-0.2, -0.15) is 0 Å². The number of carbonyl (C=O) groups is 1. The maximum atomic E-state index is 12.7. The fourth-order valence-corrected chi connectivity index (χ4v) is 7.93. The van der Waals surface area contributed by atoms with Gasteiger partial charge in [0.05, 0.1) is 14.7 Å². The molecule has 2 fully saturated rings. The van der Waals surface area contributed by atoms with Gasteiger partial charge in [0.1, 0.15) is 12.0 Å². The topological polar surface area (TPSA) is 49.8 Å². The van der Waals surface area contributed by atoms with Gasteiger partial charge in [0.15, 0.2) is 0 Å². The Balaban J connectivity index is 1.74. The molecule has 25 heavy (non-hydrogen) atoms. The number of hydrogen-bond acceptors (Lipinski definition) is 4. The molecular weight excluding hydrogens is 330 g/mol. The summed E-state index contributed by atoms with van der Waals surface area (Å²) < 4.78 is 5.94. The van der Waals surface area contributed by atoms with Crippen LogP contribution in [0.25, 0.3) is 0 Å². The minimum atomic E-state index is -1.44. The Kier molecular flexibility index (Phi) is 5.10. The van der Waals surface area contributed by atoms with E-state index >= 15 is 0 Å². The lowest BCUT2D eigenvalue weighted by Gasteiger charge is -2.52. The first-order valence-corrected chi connectivity index (χ1v) is 12.9. The van der Waals surface area contributed by atoms with E-state index in [4.69, 9.17) is 4.74 Å². The van der Waals surface area contributed by atoms with Crippen molar-refractivity contribution in [3.05, 3.63) is 35.9 Å². The van der Waals surface area contributed by atoms with Crippen molar-refractivity contribution in [1.29, 1.82) is 0 Å². The number of ether oxygens (including phenoxy) is 1. The Morgan fingerprint density at radius 2 is 2.04 bits per heavy atom. The Morgan fingerprint density at radius 1 is 1.36 bits per heavy atom. The summed E-state index contributed by atoms with van der Waals surface area (Å²) in [6.07, 6.45) is 4.26. The molecule has 0 aliphatic carbocycles. The van der Waals surface area contributed by atoms with Crippen LogP contribution in [0, 0.1) is 0 Å². The molecule has 1 N–H and O–H groups in total. The zero-order valence-corrected chi connectivity index (χ0v) is 16.9. The number of hydrogen-bond donors (Lipinski definition) is 1. The third kappa shape index (κ3) is 3.29. The molecule has 1 aromatic rings. The van der Waals surface area contributed by atoms with E-state index in [1.54, 1.807) is 0 Å². The van der Waals surface area contributed by atoms with Gasteiger partial charge in [-0.3, -0.25) is 4.79 Å². The maximum absolute atomic E-state index is 12.7. The van der Waals surface area contributed by atoms with Gasteiger partial charge in [-0.25, -0.2) is 0 Å². The highest BCUT2D eigenvalue weighted by molar-refractivity contribution is 6.79. The van der Waals surface area contributed by atoms with Crippen LogP contribution in [-0.2, 0) is 9.53 Å². The van der Waals surface area contributed by atoms with Crippen LogP contribution >= 0.6 is 0 Å². The standard InChI is InChI=1S/C20H31NO3Si/c1-21-16-10-11-20(21,25(2,3)4)13-17(12-16)24-19(23)18(14-22)15-8-6-5-7-9-15/h5-9,16-18,22H,10-14H2,1-4H3/t16?,17?,18-,20?/m1/s1. The van der Waals surface area contributed by atoms with Gasteiger partial charge in [0.25, 0.3) is 0 Å². The second-order valence-electron chi connectivity index (χ2n) is 8.73. The molecule has 0 aromatic heterocycles. The minimum Gasteiger partial charge on any atom is -0.462 e. The molecule has 0 spiro atoms. The molecular formula is C20H31NO3Si. The van der Waals surface area contributed by atoms with Gasteiger partial charge in [0.2, 0.25) is 0 Å². The number of rotatable bonds is 5. The molecule has 2 heterocycles. The lowest BCUT2D eigenvalue weighted by atomic mass is 9.98. The molecule has 5 heteroatoms. The average molecular weight is 362 g/mol. The number of aliphatic hydroxyl groups excluding tert-OH is 1. The van der Waals surface area contributed by atoms with Crippen molar-refractivity contribution in [2.75, 3.05) is 13.7 Å². The summed E-state index contributed by atoms with van der Waals surface area (Å²) in [5.41, 5.74) is 0.825. The number of benzene rings is 1. The van der Waals surface area contributed by atoms with E-state index in [1.807, 2.05) is 30.3 Å². The van der Waals surface area contributed by atoms with Crippen LogP contribution in [0.2, 0.25) is 19.6 Å². The zero-order valence-electron chi connectivity index (χ0n) is 15.9. The first-order valence-electron chi connectivity index (χ1n) is 9.38. The molecule has 0 saturated carbocycles. The molecule has 138 valence electrons. The second kappa shape index (κ2) is 6.86. The Labute approximate surface area is 152 Å². The van der Waals surface area contributed by atoms with Gasteiger partial charge < -0.3 is 14.7 Å². The molecule has 4 atom stereocenters. The second-order valence-corrected chi connectivity index (χ2v) is 14.2. The van der Waals surface area contributed by atoms with Crippen LogP contribution in [0.5, 0.6) is 0 Å². The Bertz CT molecular complexity index is 615. The highest BCUT2D eigenvalue weighted by Crippen LogP contribution is 2.49. The van der Waals surface area contributed by atoms with Crippen LogP contribution in [0.1, 0.15) is 37.2 Å². The van der Waals surface area contributed by atoms with Crippen molar-refractivity contribution in [3.8, 4) is 0 Å². The lowest BCUT2D eigenvalue weighted by molar-refractivity contribution is -0.156. The number of piperidine rings is 1. The van der Waals surface area contributed by atoms with Gasteiger partial charge in [0, 0.05) is 17.6 Å². The molecule has 2 aliphatic heterocycles. The zero-order chi connectivity index (χ0) is 18.2.